The summed E-state index contributed by atoms with van der Waals surface area (Å²) in [6, 6.07) is 4.76. The molecule has 0 aliphatic rings. The summed E-state index contributed by atoms with van der Waals surface area (Å²) in [4.78, 5) is 0. The second-order valence-corrected chi connectivity index (χ2v) is 4.44. The van der Waals surface area contributed by atoms with E-state index in [-0.39, 0.29) is 11.6 Å². The Morgan fingerprint density at radius 1 is 1.29 bits per heavy atom. The van der Waals surface area contributed by atoms with Gasteiger partial charge in [0.05, 0.1) is 0 Å². The second kappa shape index (κ2) is 8.44. The van der Waals surface area contributed by atoms with Crippen molar-refractivity contribution in [2.75, 3.05) is 33.4 Å². The second-order valence-electron chi connectivity index (χ2n) is 3.52. The first-order valence-corrected chi connectivity index (χ1v) is 6.31. The van der Waals surface area contributed by atoms with E-state index in [2.05, 4.69) is 21.2 Å². The number of halogens is 2. The highest BCUT2D eigenvalue weighted by atomic mass is 79.9. The van der Waals surface area contributed by atoms with E-state index in [0.29, 0.717) is 17.6 Å². The van der Waals surface area contributed by atoms with Gasteiger partial charge >= 0.3 is 0 Å². The van der Waals surface area contributed by atoms with Crippen LogP contribution in [0.4, 0.5) is 4.39 Å². The van der Waals surface area contributed by atoms with Crippen LogP contribution in [-0.2, 0) is 4.74 Å². The molecule has 0 radical (unpaired) electrons. The highest BCUT2D eigenvalue weighted by Crippen LogP contribution is 2.21. The van der Waals surface area contributed by atoms with E-state index < -0.39 is 0 Å². The highest BCUT2D eigenvalue weighted by Gasteiger charge is 2.02. The van der Waals surface area contributed by atoms with Crippen molar-refractivity contribution in [3.63, 3.8) is 0 Å². The summed E-state index contributed by atoms with van der Waals surface area (Å²) in [5, 5.41) is 3.18. The third-order valence-electron chi connectivity index (χ3n) is 2.13. The van der Waals surface area contributed by atoms with Crippen LogP contribution in [0.3, 0.4) is 0 Å². The summed E-state index contributed by atoms with van der Waals surface area (Å²) in [5.74, 6) is -0.0642. The fourth-order valence-electron chi connectivity index (χ4n) is 1.29. The van der Waals surface area contributed by atoms with Crippen molar-refractivity contribution in [1.82, 2.24) is 5.32 Å². The summed E-state index contributed by atoms with van der Waals surface area (Å²) >= 11 is 3.19. The van der Waals surface area contributed by atoms with Crippen molar-refractivity contribution in [2.24, 2.45) is 0 Å². The van der Waals surface area contributed by atoms with Gasteiger partial charge in [-0.15, -0.1) is 0 Å². The topological polar surface area (TPSA) is 30.5 Å². The van der Waals surface area contributed by atoms with Crippen molar-refractivity contribution in [3.05, 3.63) is 28.5 Å². The third kappa shape index (κ3) is 6.00. The van der Waals surface area contributed by atoms with Crippen LogP contribution in [0.5, 0.6) is 5.75 Å². The van der Waals surface area contributed by atoms with Gasteiger partial charge in [-0.1, -0.05) is 15.9 Å². The van der Waals surface area contributed by atoms with Crippen LogP contribution in [0.1, 0.15) is 6.42 Å². The number of methoxy groups -OCH3 is 1. The molecule has 0 aromatic heterocycles. The molecule has 96 valence electrons. The van der Waals surface area contributed by atoms with Crippen LogP contribution in [0, 0.1) is 5.82 Å². The molecule has 5 heteroatoms. The van der Waals surface area contributed by atoms with Crippen LogP contribution in [0.25, 0.3) is 0 Å². The van der Waals surface area contributed by atoms with Crippen molar-refractivity contribution < 1.29 is 13.9 Å². The average Bonchev–Trinajstić information content (AvgIpc) is 2.30. The number of benzene rings is 1. The summed E-state index contributed by atoms with van der Waals surface area (Å²) in [7, 11) is 1.68. The molecule has 1 aromatic rings. The maximum Gasteiger partial charge on any atom is 0.166 e. The normalized spacial score (nSPS) is 10.5. The van der Waals surface area contributed by atoms with Gasteiger partial charge in [0.1, 0.15) is 6.61 Å². The van der Waals surface area contributed by atoms with E-state index in [1.165, 1.54) is 6.07 Å². The summed E-state index contributed by atoms with van der Waals surface area (Å²) < 4.78 is 24.3. The minimum Gasteiger partial charge on any atom is -0.489 e. The Labute approximate surface area is 109 Å². The third-order valence-corrected chi connectivity index (χ3v) is 2.63. The van der Waals surface area contributed by atoms with E-state index in [9.17, 15) is 4.39 Å². The van der Waals surface area contributed by atoms with E-state index in [0.717, 1.165) is 19.6 Å². The number of ether oxygens (including phenoxy) is 2. The zero-order chi connectivity index (χ0) is 12.5. The van der Waals surface area contributed by atoms with Gasteiger partial charge in [0.15, 0.2) is 11.6 Å². The number of hydrogen-bond donors (Lipinski definition) is 1. The monoisotopic (exact) mass is 305 g/mol. The lowest BCUT2D eigenvalue weighted by atomic mass is 10.3. The smallest absolute Gasteiger partial charge is 0.166 e. The molecule has 0 saturated heterocycles. The largest absolute Gasteiger partial charge is 0.489 e. The number of rotatable bonds is 8. The minimum atomic E-state index is -0.348. The van der Waals surface area contributed by atoms with Gasteiger partial charge < -0.3 is 14.8 Å². The molecule has 1 N–H and O–H groups in total. The van der Waals surface area contributed by atoms with Crippen molar-refractivity contribution in [3.8, 4) is 5.75 Å². The van der Waals surface area contributed by atoms with Gasteiger partial charge in [-0.2, -0.15) is 0 Å². The Morgan fingerprint density at radius 2 is 2.12 bits per heavy atom. The lowest BCUT2D eigenvalue weighted by molar-refractivity contribution is 0.193. The molecule has 0 spiro atoms. The van der Waals surface area contributed by atoms with E-state index in [1.54, 1.807) is 19.2 Å². The molecule has 0 aliphatic carbocycles. The molecule has 0 amide bonds. The fourth-order valence-corrected chi connectivity index (χ4v) is 1.63. The minimum absolute atomic E-state index is 0.284. The van der Waals surface area contributed by atoms with E-state index >= 15 is 0 Å². The van der Waals surface area contributed by atoms with Gasteiger partial charge in [0.25, 0.3) is 0 Å². The van der Waals surface area contributed by atoms with Crippen LogP contribution >= 0.6 is 15.9 Å². The standard InChI is InChI=1S/C12H17BrFNO2/c1-16-7-2-5-15-6-8-17-12-4-3-10(13)9-11(12)14/h3-4,9,15H,2,5-8H2,1H3. The van der Waals surface area contributed by atoms with Crippen LogP contribution in [-0.4, -0.2) is 33.4 Å². The Morgan fingerprint density at radius 3 is 2.82 bits per heavy atom. The molecule has 0 heterocycles. The Balaban J connectivity index is 2.14. The molecule has 0 saturated carbocycles. The lowest BCUT2D eigenvalue weighted by Gasteiger charge is -2.08. The van der Waals surface area contributed by atoms with Gasteiger partial charge in [0, 0.05) is 24.7 Å². The maximum atomic E-state index is 13.3. The zero-order valence-electron chi connectivity index (χ0n) is 9.84. The molecule has 1 rings (SSSR count). The Bertz CT molecular complexity index is 336. The summed E-state index contributed by atoms with van der Waals surface area (Å²) in [5.41, 5.74) is 0. The first-order valence-electron chi connectivity index (χ1n) is 5.51. The predicted octanol–water partition coefficient (Wildman–Crippen LogP) is 2.59. The predicted molar refractivity (Wildman–Crippen MR) is 69.0 cm³/mol. The van der Waals surface area contributed by atoms with Gasteiger partial charge in [0.2, 0.25) is 0 Å². The molecule has 0 fully saturated rings. The maximum absolute atomic E-state index is 13.3. The highest BCUT2D eigenvalue weighted by molar-refractivity contribution is 9.10. The molecule has 0 atom stereocenters. The van der Waals surface area contributed by atoms with Crippen molar-refractivity contribution >= 4 is 15.9 Å². The van der Waals surface area contributed by atoms with Crippen LogP contribution in [0.2, 0.25) is 0 Å². The van der Waals surface area contributed by atoms with Crippen molar-refractivity contribution in [2.45, 2.75) is 6.42 Å². The van der Waals surface area contributed by atoms with Crippen LogP contribution in [0.15, 0.2) is 22.7 Å². The molecule has 0 aliphatic heterocycles. The van der Waals surface area contributed by atoms with Crippen molar-refractivity contribution in [1.29, 1.82) is 0 Å². The van der Waals surface area contributed by atoms with Crippen LogP contribution < -0.4 is 10.1 Å². The zero-order valence-corrected chi connectivity index (χ0v) is 11.4. The fraction of sp³-hybridized carbons (Fsp3) is 0.500. The quantitative estimate of drug-likeness (QED) is 0.749. The van der Waals surface area contributed by atoms with Gasteiger partial charge in [-0.05, 0) is 31.2 Å². The van der Waals surface area contributed by atoms with E-state index in [4.69, 9.17) is 9.47 Å². The summed E-state index contributed by atoms with van der Waals surface area (Å²) in [6.45, 7) is 2.76. The average molecular weight is 306 g/mol. The first kappa shape index (κ1) is 14.4. The summed E-state index contributed by atoms with van der Waals surface area (Å²) in [6.07, 6.45) is 0.961. The molecular weight excluding hydrogens is 289 g/mol. The molecule has 0 unspecified atom stereocenters. The van der Waals surface area contributed by atoms with Gasteiger partial charge in [-0.3, -0.25) is 0 Å². The Kier molecular flexibility index (Phi) is 7.16. The molecule has 17 heavy (non-hydrogen) atoms. The number of nitrogens with one attached hydrogen (secondary N) is 1. The molecule has 1 aromatic carbocycles. The lowest BCUT2D eigenvalue weighted by Crippen LogP contribution is -2.23. The molecule has 0 bridgehead atoms. The SMILES string of the molecule is COCCCNCCOc1ccc(Br)cc1F. The Hall–Kier alpha value is -0.650. The number of hydrogen-bond acceptors (Lipinski definition) is 3. The first-order chi connectivity index (χ1) is 8.24. The van der Waals surface area contributed by atoms with Gasteiger partial charge in [-0.25, -0.2) is 4.39 Å². The van der Waals surface area contributed by atoms with E-state index in [1.807, 2.05) is 0 Å². The molecule has 3 nitrogen and oxygen atoms in total. The molecular formula is C12H17BrFNO2.